The van der Waals surface area contributed by atoms with Gasteiger partial charge in [0.15, 0.2) is 0 Å². The monoisotopic (exact) mass is 259 g/mol. The quantitative estimate of drug-likeness (QED) is 0.702. The molecule has 102 valence electrons. The van der Waals surface area contributed by atoms with Crippen molar-refractivity contribution in [2.24, 2.45) is 0 Å². The molecule has 0 heterocycles. The number of benzene rings is 1. The predicted octanol–water partition coefficient (Wildman–Crippen LogP) is 2.01. The summed E-state index contributed by atoms with van der Waals surface area (Å²) in [4.78, 5) is 0. The second-order valence-electron chi connectivity index (χ2n) is 4.03. The number of halogens is 2. The maximum Gasteiger partial charge on any atom is 0.130 e. The molecule has 0 saturated heterocycles. The first kappa shape index (κ1) is 15.0. The van der Waals surface area contributed by atoms with E-state index in [0.717, 1.165) is 12.5 Å². The molecule has 0 amide bonds. The van der Waals surface area contributed by atoms with Gasteiger partial charge in [0.05, 0.1) is 13.2 Å². The largest absolute Gasteiger partial charge is 0.394 e. The van der Waals surface area contributed by atoms with Crippen LogP contribution in [0, 0.1) is 11.6 Å². The van der Waals surface area contributed by atoms with Crippen LogP contribution in [-0.4, -0.2) is 31.5 Å². The van der Waals surface area contributed by atoms with Crippen LogP contribution >= 0.6 is 0 Å². The van der Waals surface area contributed by atoms with Crippen molar-refractivity contribution in [3.63, 3.8) is 0 Å². The molecular formula is C13H19F2NO2. The molecule has 18 heavy (non-hydrogen) atoms. The summed E-state index contributed by atoms with van der Waals surface area (Å²) in [7, 11) is 0. The van der Waals surface area contributed by atoms with E-state index in [4.69, 9.17) is 9.84 Å². The fraction of sp³-hybridized carbons (Fsp3) is 0.538. The lowest BCUT2D eigenvalue weighted by Gasteiger charge is -2.15. The molecule has 0 aliphatic heterocycles. The first-order valence-electron chi connectivity index (χ1n) is 6.02. The van der Waals surface area contributed by atoms with E-state index < -0.39 is 11.6 Å². The van der Waals surface area contributed by atoms with Gasteiger partial charge in [0.1, 0.15) is 11.6 Å². The van der Waals surface area contributed by atoms with Crippen molar-refractivity contribution >= 4 is 0 Å². The third kappa shape index (κ3) is 5.08. The number of rotatable bonds is 8. The van der Waals surface area contributed by atoms with Crippen molar-refractivity contribution in [2.75, 3.05) is 26.4 Å². The SMILES string of the molecule is CC(NCCCOCCO)c1ccc(F)cc1F. The average Bonchev–Trinajstić information content (AvgIpc) is 2.33. The lowest BCUT2D eigenvalue weighted by Crippen LogP contribution is -2.22. The summed E-state index contributed by atoms with van der Waals surface area (Å²) in [5.41, 5.74) is 0.452. The second kappa shape index (κ2) is 8.13. The number of nitrogens with one attached hydrogen (secondary N) is 1. The van der Waals surface area contributed by atoms with E-state index in [0.29, 0.717) is 25.3 Å². The number of ether oxygens (including phenoxy) is 1. The van der Waals surface area contributed by atoms with Crippen LogP contribution in [0.15, 0.2) is 18.2 Å². The van der Waals surface area contributed by atoms with Gasteiger partial charge in [0.2, 0.25) is 0 Å². The molecule has 1 aromatic carbocycles. The maximum atomic E-state index is 13.4. The molecule has 3 nitrogen and oxygen atoms in total. The molecular weight excluding hydrogens is 240 g/mol. The summed E-state index contributed by atoms with van der Waals surface area (Å²) < 4.78 is 31.3. The Morgan fingerprint density at radius 3 is 2.78 bits per heavy atom. The Kier molecular flexibility index (Phi) is 6.78. The van der Waals surface area contributed by atoms with Crippen LogP contribution in [0.2, 0.25) is 0 Å². The minimum atomic E-state index is -0.569. The van der Waals surface area contributed by atoms with Crippen LogP contribution in [0.4, 0.5) is 8.78 Å². The van der Waals surface area contributed by atoms with Crippen LogP contribution in [0.25, 0.3) is 0 Å². The van der Waals surface area contributed by atoms with E-state index in [-0.39, 0.29) is 12.6 Å². The van der Waals surface area contributed by atoms with Crippen molar-refractivity contribution in [2.45, 2.75) is 19.4 Å². The molecule has 0 aliphatic rings. The molecule has 0 saturated carbocycles. The van der Waals surface area contributed by atoms with Gasteiger partial charge in [-0.3, -0.25) is 0 Å². The highest BCUT2D eigenvalue weighted by molar-refractivity contribution is 5.21. The van der Waals surface area contributed by atoms with Crippen LogP contribution < -0.4 is 5.32 Å². The third-order valence-electron chi connectivity index (χ3n) is 2.58. The predicted molar refractivity (Wildman–Crippen MR) is 65.3 cm³/mol. The molecule has 0 bridgehead atoms. The summed E-state index contributed by atoms with van der Waals surface area (Å²) in [5.74, 6) is -1.10. The zero-order valence-corrected chi connectivity index (χ0v) is 10.5. The summed E-state index contributed by atoms with van der Waals surface area (Å²) in [6, 6.07) is 3.41. The van der Waals surface area contributed by atoms with Crippen LogP contribution in [0.5, 0.6) is 0 Å². The van der Waals surface area contributed by atoms with Gasteiger partial charge in [0, 0.05) is 24.3 Å². The van der Waals surface area contributed by atoms with Gasteiger partial charge < -0.3 is 15.2 Å². The van der Waals surface area contributed by atoms with Gasteiger partial charge in [-0.1, -0.05) is 6.07 Å². The molecule has 0 aromatic heterocycles. The zero-order chi connectivity index (χ0) is 13.4. The Morgan fingerprint density at radius 2 is 2.11 bits per heavy atom. The van der Waals surface area contributed by atoms with Crippen LogP contribution in [-0.2, 0) is 4.74 Å². The molecule has 1 atom stereocenters. The van der Waals surface area contributed by atoms with Crippen molar-refractivity contribution in [3.05, 3.63) is 35.4 Å². The zero-order valence-electron chi connectivity index (χ0n) is 10.5. The second-order valence-corrected chi connectivity index (χ2v) is 4.03. The van der Waals surface area contributed by atoms with E-state index in [1.54, 1.807) is 0 Å². The number of aliphatic hydroxyl groups excluding tert-OH is 1. The van der Waals surface area contributed by atoms with Gasteiger partial charge in [-0.2, -0.15) is 0 Å². The average molecular weight is 259 g/mol. The normalized spacial score (nSPS) is 12.7. The number of aliphatic hydroxyl groups is 1. The Morgan fingerprint density at radius 1 is 1.33 bits per heavy atom. The minimum Gasteiger partial charge on any atom is -0.394 e. The van der Waals surface area contributed by atoms with Crippen molar-refractivity contribution in [3.8, 4) is 0 Å². The first-order chi connectivity index (χ1) is 8.65. The molecule has 1 aromatic rings. The van der Waals surface area contributed by atoms with E-state index in [9.17, 15) is 8.78 Å². The van der Waals surface area contributed by atoms with E-state index >= 15 is 0 Å². The van der Waals surface area contributed by atoms with E-state index in [1.807, 2.05) is 6.92 Å². The molecule has 1 unspecified atom stereocenters. The number of hydrogen-bond donors (Lipinski definition) is 2. The molecule has 0 fully saturated rings. The van der Waals surface area contributed by atoms with E-state index in [1.165, 1.54) is 12.1 Å². The van der Waals surface area contributed by atoms with Gasteiger partial charge in [0.25, 0.3) is 0 Å². The Hall–Kier alpha value is -1.04. The highest BCUT2D eigenvalue weighted by atomic mass is 19.1. The molecule has 0 radical (unpaired) electrons. The van der Waals surface area contributed by atoms with Crippen LogP contribution in [0.1, 0.15) is 24.9 Å². The van der Waals surface area contributed by atoms with Gasteiger partial charge >= 0.3 is 0 Å². The highest BCUT2D eigenvalue weighted by Gasteiger charge is 2.10. The summed E-state index contributed by atoms with van der Waals surface area (Å²) in [6.07, 6.45) is 0.771. The van der Waals surface area contributed by atoms with Gasteiger partial charge in [-0.05, 0) is 26.0 Å². The van der Waals surface area contributed by atoms with E-state index in [2.05, 4.69) is 5.32 Å². The maximum absolute atomic E-state index is 13.4. The molecule has 0 spiro atoms. The van der Waals surface area contributed by atoms with Crippen LogP contribution in [0.3, 0.4) is 0 Å². The van der Waals surface area contributed by atoms with Crippen molar-refractivity contribution in [1.29, 1.82) is 0 Å². The minimum absolute atomic E-state index is 0.0185. The van der Waals surface area contributed by atoms with Gasteiger partial charge in [-0.25, -0.2) is 8.78 Å². The lowest BCUT2D eigenvalue weighted by molar-refractivity contribution is 0.0904. The Labute approximate surface area is 106 Å². The number of hydrogen-bond acceptors (Lipinski definition) is 3. The summed E-state index contributed by atoms with van der Waals surface area (Å²) in [5, 5.41) is 11.6. The molecule has 2 N–H and O–H groups in total. The molecule has 0 aliphatic carbocycles. The topological polar surface area (TPSA) is 41.5 Å². The summed E-state index contributed by atoms with van der Waals surface area (Å²) in [6.45, 7) is 3.40. The van der Waals surface area contributed by atoms with Gasteiger partial charge in [-0.15, -0.1) is 0 Å². The van der Waals surface area contributed by atoms with Crippen molar-refractivity contribution < 1.29 is 18.6 Å². The Balaban J connectivity index is 2.29. The van der Waals surface area contributed by atoms with Crippen molar-refractivity contribution in [1.82, 2.24) is 5.32 Å². The third-order valence-corrected chi connectivity index (χ3v) is 2.58. The smallest absolute Gasteiger partial charge is 0.130 e. The highest BCUT2D eigenvalue weighted by Crippen LogP contribution is 2.17. The molecule has 5 heteroatoms. The fourth-order valence-corrected chi connectivity index (χ4v) is 1.62. The first-order valence-corrected chi connectivity index (χ1v) is 6.02. The summed E-state index contributed by atoms with van der Waals surface area (Å²) >= 11 is 0. The Bertz CT molecular complexity index is 361. The fourth-order valence-electron chi connectivity index (χ4n) is 1.62. The molecule has 1 rings (SSSR count). The standard InChI is InChI=1S/C13H19F2NO2/c1-10(16-5-2-7-18-8-6-17)12-4-3-11(14)9-13(12)15/h3-4,9-10,16-17H,2,5-8H2,1H3. The lowest BCUT2D eigenvalue weighted by atomic mass is 10.1.